The van der Waals surface area contributed by atoms with Gasteiger partial charge in [-0.15, -0.1) is 0 Å². The third-order valence-corrected chi connectivity index (χ3v) is 2.48. The van der Waals surface area contributed by atoms with Gasteiger partial charge in [-0.2, -0.15) is 0 Å². The van der Waals surface area contributed by atoms with E-state index in [1.165, 1.54) is 25.8 Å². The summed E-state index contributed by atoms with van der Waals surface area (Å²) in [5, 5.41) is 0. The van der Waals surface area contributed by atoms with Gasteiger partial charge in [-0.3, -0.25) is 4.90 Å². The van der Waals surface area contributed by atoms with E-state index in [0.717, 1.165) is 19.9 Å². The van der Waals surface area contributed by atoms with Gasteiger partial charge < -0.3 is 4.74 Å². The molecule has 1 rings (SSSR count). The first kappa shape index (κ1) is 11.0. The lowest BCUT2D eigenvalue weighted by Gasteiger charge is -2.18. The zero-order chi connectivity index (χ0) is 9.73. The number of hydrogen-bond donors (Lipinski definition) is 0. The second-order valence-electron chi connectivity index (χ2n) is 5.17. The van der Waals surface area contributed by atoms with Crippen molar-refractivity contribution in [2.24, 2.45) is 5.41 Å². The summed E-state index contributed by atoms with van der Waals surface area (Å²) in [6.07, 6.45) is 4.00. The summed E-state index contributed by atoms with van der Waals surface area (Å²) in [6, 6.07) is 0. The minimum atomic E-state index is 0.501. The molecule has 0 aliphatic carbocycles. The molecule has 0 aromatic rings. The number of rotatable bonds is 4. The van der Waals surface area contributed by atoms with E-state index in [1.54, 1.807) is 0 Å². The normalized spacial score (nSPS) is 19.6. The van der Waals surface area contributed by atoms with Gasteiger partial charge in [-0.05, 0) is 18.3 Å². The quantitative estimate of drug-likeness (QED) is 0.624. The molecular formula is C11H23NO. The summed E-state index contributed by atoms with van der Waals surface area (Å²) in [7, 11) is 0. The van der Waals surface area contributed by atoms with E-state index in [-0.39, 0.29) is 0 Å². The number of hydrogen-bond acceptors (Lipinski definition) is 2. The van der Waals surface area contributed by atoms with Crippen LogP contribution < -0.4 is 0 Å². The highest BCUT2D eigenvalue weighted by Gasteiger charge is 2.12. The summed E-state index contributed by atoms with van der Waals surface area (Å²) in [5.41, 5.74) is 0.501. The fourth-order valence-corrected chi connectivity index (χ4v) is 1.62. The van der Waals surface area contributed by atoms with Crippen molar-refractivity contribution in [1.29, 1.82) is 0 Å². The molecule has 13 heavy (non-hydrogen) atoms. The number of unbranched alkanes of at least 4 members (excludes halogenated alkanes) is 1. The molecule has 1 aliphatic heterocycles. The average Bonchev–Trinajstić information content (AvgIpc) is 2.48. The fraction of sp³-hybridized carbons (Fsp3) is 1.00. The van der Waals surface area contributed by atoms with Crippen LogP contribution in [0.25, 0.3) is 0 Å². The molecule has 0 saturated carbocycles. The second-order valence-corrected chi connectivity index (χ2v) is 5.17. The van der Waals surface area contributed by atoms with Crippen molar-refractivity contribution in [1.82, 2.24) is 4.90 Å². The Balaban J connectivity index is 1.94. The largest absolute Gasteiger partial charge is 0.365 e. The molecular weight excluding hydrogens is 162 g/mol. The third-order valence-electron chi connectivity index (χ3n) is 2.48. The molecule has 0 bridgehead atoms. The Kier molecular flexibility index (Phi) is 4.20. The highest BCUT2D eigenvalue weighted by Crippen LogP contribution is 2.21. The van der Waals surface area contributed by atoms with Crippen LogP contribution in [0.5, 0.6) is 0 Å². The van der Waals surface area contributed by atoms with Crippen molar-refractivity contribution in [3.05, 3.63) is 0 Å². The summed E-state index contributed by atoms with van der Waals surface area (Å²) in [4.78, 5) is 2.39. The van der Waals surface area contributed by atoms with Crippen molar-refractivity contribution < 1.29 is 4.74 Å². The van der Waals surface area contributed by atoms with E-state index in [9.17, 15) is 0 Å². The van der Waals surface area contributed by atoms with Crippen LogP contribution in [0, 0.1) is 5.41 Å². The molecule has 1 aliphatic rings. The molecule has 0 radical (unpaired) electrons. The van der Waals surface area contributed by atoms with E-state index in [1.807, 2.05) is 0 Å². The molecule has 2 heteroatoms. The average molecular weight is 185 g/mol. The van der Waals surface area contributed by atoms with E-state index >= 15 is 0 Å². The molecule has 1 heterocycles. The topological polar surface area (TPSA) is 12.5 Å². The van der Waals surface area contributed by atoms with Crippen LogP contribution >= 0.6 is 0 Å². The van der Waals surface area contributed by atoms with Crippen LogP contribution in [0.1, 0.15) is 40.0 Å². The molecule has 0 atom stereocenters. The van der Waals surface area contributed by atoms with Gasteiger partial charge in [0.15, 0.2) is 0 Å². The molecule has 0 spiro atoms. The lowest BCUT2D eigenvalue weighted by Crippen LogP contribution is -2.21. The van der Waals surface area contributed by atoms with Gasteiger partial charge in [0.25, 0.3) is 0 Å². The minimum Gasteiger partial charge on any atom is -0.365 e. The van der Waals surface area contributed by atoms with Crippen molar-refractivity contribution in [3.63, 3.8) is 0 Å². The van der Waals surface area contributed by atoms with E-state index in [0.29, 0.717) is 5.41 Å². The smallest absolute Gasteiger partial charge is 0.0991 e. The molecule has 78 valence electrons. The fourth-order valence-electron chi connectivity index (χ4n) is 1.62. The SMILES string of the molecule is CC(C)(C)CCCCN1CCOC1. The molecule has 0 aromatic heterocycles. The predicted octanol–water partition coefficient (Wildman–Crippen LogP) is 2.49. The van der Waals surface area contributed by atoms with Crippen molar-refractivity contribution in [2.75, 3.05) is 26.4 Å². The zero-order valence-electron chi connectivity index (χ0n) is 9.31. The van der Waals surface area contributed by atoms with Crippen LogP contribution in [-0.2, 0) is 4.74 Å². The van der Waals surface area contributed by atoms with Crippen LogP contribution in [0.2, 0.25) is 0 Å². The Morgan fingerprint density at radius 1 is 1.23 bits per heavy atom. The number of ether oxygens (including phenoxy) is 1. The summed E-state index contributed by atoms with van der Waals surface area (Å²) < 4.78 is 5.28. The maximum absolute atomic E-state index is 5.28. The summed E-state index contributed by atoms with van der Waals surface area (Å²) in [6.45, 7) is 11.1. The van der Waals surface area contributed by atoms with Crippen molar-refractivity contribution >= 4 is 0 Å². The van der Waals surface area contributed by atoms with Crippen LogP contribution in [0.3, 0.4) is 0 Å². The minimum absolute atomic E-state index is 0.501. The van der Waals surface area contributed by atoms with E-state index in [2.05, 4.69) is 25.7 Å². The Morgan fingerprint density at radius 2 is 2.00 bits per heavy atom. The Hall–Kier alpha value is -0.0800. The lowest BCUT2D eigenvalue weighted by molar-refractivity contribution is 0.139. The second kappa shape index (κ2) is 4.97. The summed E-state index contributed by atoms with van der Waals surface area (Å²) >= 11 is 0. The maximum Gasteiger partial charge on any atom is 0.0991 e. The van der Waals surface area contributed by atoms with Crippen LogP contribution in [0.15, 0.2) is 0 Å². The van der Waals surface area contributed by atoms with Crippen molar-refractivity contribution in [3.8, 4) is 0 Å². The zero-order valence-corrected chi connectivity index (χ0v) is 9.31. The van der Waals surface area contributed by atoms with Crippen LogP contribution in [0.4, 0.5) is 0 Å². The first-order valence-corrected chi connectivity index (χ1v) is 5.38. The molecule has 1 fully saturated rings. The van der Waals surface area contributed by atoms with Gasteiger partial charge in [0.05, 0.1) is 13.3 Å². The lowest BCUT2D eigenvalue weighted by atomic mass is 9.90. The summed E-state index contributed by atoms with van der Waals surface area (Å²) in [5.74, 6) is 0. The molecule has 0 unspecified atom stereocenters. The third kappa shape index (κ3) is 5.27. The Morgan fingerprint density at radius 3 is 2.54 bits per heavy atom. The predicted molar refractivity (Wildman–Crippen MR) is 55.7 cm³/mol. The van der Waals surface area contributed by atoms with Crippen molar-refractivity contribution in [2.45, 2.75) is 40.0 Å². The maximum atomic E-state index is 5.28. The molecule has 0 amide bonds. The van der Waals surface area contributed by atoms with Gasteiger partial charge >= 0.3 is 0 Å². The molecule has 1 saturated heterocycles. The Bertz CT molecular complexity index is 134. The molecule has 0 N–H and O–H groups in total. The highest BCUT2D eigenvalue weighted by atomic mass is 16.5. The Labute approximate surface area is 82.3 Å². The van der Waals surface area contributed by atoms with Gasteiger partial charge in [0.1, 0.15) is 0 Å². The van der Waals surface area contributed by atoms with Gasteiger partial charge in [-0.1, -0.05) is 27.2 Å². The number of nitrogens with zero attached hydrogens (tertiary/aromatic N) is 1. The highest BCUT2D eigenvalue weighted by molar-refractivity contribution is 4.63. The van der Waals surface area contributed by atoms with E-state index in [4.69, 9.17) is 4.74 Å². The molecule has 2 nitrogen and oxygen atoms in total. The molecule has 0 aromatic carbocycles. The van der Waals surface area contributed by atoms with Crippen LogP contribution in [-0.4, -0.2) is 31.3 Å². The monoisotopic (exact) mass is 185 g/mol. The van der Waals surface area contributed by atoms with Gasteiger partial charge in [0.2, 0.25) is 0 Å². The van der Waals surface area contributed by atoms with E-state index < -0.39 is 0 Å². The first-order valence-electron chi connectivity index (χ1n) is 5.38. The standard InChI is InChI=1S/C11H23NO/c1-11(2,3)6-4-5-7-12-8-9-13-10-12/h4-10H2,1-3H3. The van der Waals surface area contributed by atoms with Gasteiger partial charge in [0, 0.05) is 13.1 Å². The first-order chi connectivity index (χ1) is 6.08. The van der Waals surface area contributed by atoms with Gasteiger partial charge in [-0.25, -0.2) is 0 Å².